The molecule has 1 amide bonds. The van der Waals surface area contributed by atoms with E-state index in [9.17, 15) is 14.7 Å². The summed E-state index contributed by atoms with van der Waals surface area (Å²) in [5.41, 5.74) is 2.27. The Morgan fingerprint density at radius 1 is 0.872 bits per heavy atom. The first-order valence-corrected chi connectivity index (χ1v) is 12.8. The number of aromatic nitrogens is 1. The van der Waals surface area contributed by atoms with Gasteiger partial charge in [0.1, 0.15) is 17.3 Å². The molecule has 1 N–H and O–H groups in total. The lowest BCUT2D eigenvalue weighted by Gasteiger charge is -2.23. The lowest BCUT2D eigenvalue weighted by atomic mass is 9.94. The number of amides is 1. The van der Waals surface area contributed by atoms with E-state index in [0.717, 1.165) is 10.3 Å². The zero-order chi connectivity index (χ0) is 27.8. The van der Waals surface area contributed by atoms with E-state index < -0.39 is 17.7 Å². The quantitative estimate of drug-likeness (QED) is 0.190. The molecule has 0 bridgehead atoms. The smallest absolute Gasteiger partial charge is 0.301 e. The highest BCUT2D eigenvalue weighted by Gasteiger charge is 2.48. The summed E-state index contributed by atoms with van der Waals surface area (Å²) in [6.45, 7) is 1.83. The van der Waals surface area contributed by atoms with Crippen LogP contribution >= 0.6 is 11.3 Å². The maximum absolute atomic E-state index is 13.6. The normalized spacial score (nSPS) is 16.5. The Labute approximate surface area is 228 Å². The third-order valence-corrected chi connectivity index (χ3v) is 7.64. The number of carbonyl (C=O) groups excluding carboxylic acids is 2. The lowest BCUT2D eigenvalue weighted by molar-refractivity contribution is -0.132. The number of ketones is 1. The van der Waals surface area contributed by atoms with Crippen molar-refractivity contribution in [2.75, 3.05) is 33.3 Å². The number of rotatable bonds is 7. The summed E-state index contributed by atoms with van der Waals surface area (Å²) in [7, 11) is 6.14. The van der Waals surface area contributed by atoms with Gasteiger partial charge in [0.25, 0.3) is 5.78 Å². The van der Waals surface area contributed by atoms with Gasteiger partial charge in [-0.2, -0.15) is 0 Å². The number of aliphatic hydroxyl groups is 1. The van der Waals surface area contributed by atoms with Crippen LogP contribution in [0.2, 0.25) is 0 Å². The topological polar surface area (TPSA) is 107 Å². The zero-order valence-electron chi connectivity index (χ0n) is 22.0. The lowest BCUT2D eigenvalue weighted by Crippen LogP contribution is -2.29. The molecular weight excluding hydrogens is 520 g/mol. The van der Waals surface area contributed by atoms with Crippen LogP contribution in [0.25, 0.3) is 16.0 Å². The van der Waals surface area contributed by atoms with Crippen molar-refractivity contribution in [2.24, 2.45) is 0 Å². The van der Waals surface area contributed by atoms with Crippen LogP contribution in [-0.2, 0) is 9.59 Å². The summed E-state index contributed by atoms with van der Waals surface area (Å²) in [6, 6.07) is 14.6. The summed E-state index contributed by atoms with van der Waals surface area (Å²) in [4.78, 5) is 33.1. The summed E-state index contributed by atoms with van der Waals surface area (Å²) >= 11 is 1.25. The Hall–Kier alpha value is -4.57. The predicted octanol–water partition coefficient (Wildman–Crippen LogP) is 5.27. The van der Waals surface area contributed by atoms with Crippen molar-refractivity contribution in [3.8, 4) is 23.0 Å². The molecule has 1 aliphatic rings. The van der Waals surface area contributed by atoms with Crippen molar-refractivity contribution >= 4 is 44.1 Å². The predicted molar refractivity (Wildman–Crippen MR) is 148 cm³/mol. The number of aryl methyl sites for hydroxylation is 1. The van der Waals surface area contributed by atoms with Crippen LogP contribution in [0, 0.1) is 6.92 Å². The molecule has 3 aromatic carbocycles. The maximum atomic E-state index is 13.6. The van der Waals surface area contributed by atoms with E-state index in [1.807, 2.05) is 13.0 Å². The van der Waals surface area contributed by atoms with Crippen molar-refractivity contribution in [1.29, 1.82) is 0 Å². The molecule has 0 spiro atoms. The van der Waals surface area contributed by atoms with E-state index >= 15 is 0 Å². The second-order valence-corrected chi connectivity index (χ2v) is 9.81. The van der Waals surface area contributed by atoms with Crippen LogP contribution in [0.15, 0.2) is 60.2 Å². The Kier molecular flexibility index (Phi) is 6.88. The first-order chi connectivity index (χ1) is 18.8. The van der Waals surface area contributed by atoms with E-state index in [2.05, 4.69) is 4.98 Å². The van der Waals surface area contributed by atoms with Gasteiger partial charge in [-0.1, -0.05) is 17.4 Å². The van der Waals surface area contributed by atoms with Gasteiger partial charge in [0.05, 0.1) is 50.3 Å². The highest BCUT2D eigenvalue weighted by Crippen LogP contribution is 2.46. The maximum Gasteiger partial charge on any atom is 0.301 e. The fraction of sp³-hybridized carbons (Fsp3) is 0.207. The number of carbonyl (C=O) groups is 2. The van der Waals surface area contributed by atoms with Gasteiger partial charge in [0.2, 0.25) is 0 Å². The highest BCUT2D eigenvalue weighted by atomic mass is 32.1. The van der Waals surface area contributed by atoms with Crippen LogP contribution in [0.5, 0.6) is 23.0 Å². The second-order valence-electron chi connectivity index (χ2n) is 8.80. The number of ether oxygens (including phenoxy) is 4. The number of fused-ring (bicyclic) bond motifs is 1. The number of benzene rings is 3. The molecule has 9 nitrogen and oxygen atoms in total. The Bertz CT molecular complexity index is 1640. The molecular formula is C29H26N2O7S. The highest BCUT2D eigenvalue weighted by molar-refractivity contribution is 7.22. The molecule has 4 aromatic rings. The molecule has 0 unspecified atom stereocenters. The molecule has 0 aliphatic carbocycles. The molecule has 200 valence electrons. The van der Waals surface area contributed by atoms with Crippen molar-refractivity contribution in [3.63, 3.8) is 0 Å². The molecule has 5 rings (SSSR count). The van der Waals surface area contributed by atoms with Crippen molar-refractivity contribution in [2.45, 2.75) is 13.0 Å². The second kappa shape index (κ2) is 10.3. The minimum Gasteiger partial charge on any atom is -0.507 e. The fourth-order valence-electron chi connectivity index (χ4n) is 4.67. The SMILES string of the molecule is COc1ccc2nc(N3C(=O)C(=O)C(=C(O)c4ccc(OC)c(C)c4)[C@@H]3c3ccc(OC)c(OC)c3)sc2c1. The molecule has 1 fully saturated rings. The van der Waals surface area contributed by atoms with Crippen molar-refractivity contribution in [3.05, 3.63) is 76.9 Å². The van der Waals surface area contributed by atoms with Crippen LogP contribution in [0.3, 0.4) is 0 Å². The Morgan fingerprint density at radius 2 is 1.59 bits per heavy atom. The minimum atomic E-state index is -0.977. The summed E-state index contributed by atoms with van der Waals surface area (Å²) < 4.78 is 22.3. The first kappa shape index (κ1) is 26.1. The third kappa shape index (κ3) is 4.42. The standard InChI is InChI=1S/C29H26N2O7S/c1-15-12-17(7-10-20(15)36-3)26(32)24-25(16-6-11-21(37-4)22(13-16)38-5)31(28(34)27(24)33)29-30-19-9-8-18(35-2)14-23(19)39-29/h6-14,25,32H,1-5H3/t25-/m0/s1. The van der Waals surface area contributed by atoms with Gasteiger partial charge in [-0.3, -0.25) is 14.5 Å². The number of thiazole rings is 1. The van der Waals surface area contributed by atoms with Gasteiger partial charge >= 0.3 is 5.91 Å². The summed E-state index contributed by atoms with van der Waals surface area (Å²) in [5, 5.41) is 11.8. The minimum absolute atomic E-state index is 0.0615. The number of aliphatic hydroxyl groups excluding tert-OH is 1. The fourth-order valence-corrected chi connectivity index (χ4v) is 5.69. The molecule has 0 radical (unpaired) electrons. The van der Waals surface area contributed by atoms with Crippen molar-refractivity contribution in [1.82, 2.24) is 4.98 Å². The average Bonchev–Trinajstić information content (AvgIpc) is 3.49. The largest absolute Gasteiger partial charge is 0.507 e. The van der Waals surface area contributed by atoms with Gasteiger partial charge in [0, 0.05) is 5.56 Å². The molecule has 1 aromatic heterocycles. The van der Waals surface area contributed by atoms with E-state index in [4.69, 9.17) is 18.9 Å². The van der Waals surface area contributed by atoms with Gasteiger partial charge in [-0.25, -0.2) is 4.98 Å². The van der Waals surface area contributed by atoms with Gasteiger partial charge < -0.3 is 24.1 Å². The number of nitrogens with zero attached hydrogens (tertiary/aromatic N) is 2. The molecule has 2 heterocycles. The Balaban J connectivity index is 1.74. The number of anilines is 1. The molecule has 39 heavy (non-hydrogen) atoms. The summed E-state index contributed by atoms with van der Waals surface area (Å²) in [6.07, 6.45) is 0. The van der Waals surface area contributed by atoms with Crippen LogP contribution < -0.4 is 23.8 Å². The number of hydrogen-bond donors (Lipinski definition) is 1. The van der Waals surface area contributed by atoms with Gasteiger partial charge in [0.15, 0.2) is 16.6 Å². The molecule has 10 heteroatoms. The number of Topliss-reactive ketones (excluding diaryl/α,β-unsaturated/α-hetero) is 1. The van der Waals surface area contributed by atoms with Gasteiger partial charge in [-0.05, 0) is 66.6 Å². The molecule has 0 saturated carbocycles. The average molecular weight is 547 g/mol. The summed E-state index contributed by atoms with van der Waals surface area (Å²) in [5.74, 6) is 0.250. The number of methoxy groups -OCH3 is 4. The Morgan fingerprint density at radius 3 is 2.26 bits per heavy atom. The van der Waals surface area contributed by atoms with E-state index in [1.165, 1.54) is 30.5 Å². The van der Waals surface area contributed by atoms with Crippen LogP contribution in [-0.4, -0.2) is 50.2 Å². The van der Waals surface area contributed by atoms with E-state index in [0.29, 0.717) is 44.8 Å². The van der Waals surface area contributed by atoms with Crippen LogP contribution in [0.4, 0.5) is 5.13 Å². The first-order valence-electron chi connectivity index (χ1n) is 11.9. The molecule has 1 saturated heterocycles. The van der Waals surface area contributed by atoms with E-state index in [-0.39, 0.29) is 11.3 Å². The molecule has 1 aliphatic heterocycles. The van der Waals surface area contributed by atoms with Crippen molar-refractivity contribution < 1.29 is 33.6 Å². The number of hydrogen-bond acceptors (Lipinski definition) is 9. The third-order valence-electron chi connectivity index (χ3n) is 6.63. The van der Waals surface area contributed by atoms with E-state index in [1.54, 1.807) is 62.8 Å². The van der Waals surface area contributed by atoms with Crippen LogP contribution in [0.1, 0.15) is 22.7 Å². The van der Waals surface area contributed by atoms with Gasteiger partial charge in [-0.15, -0.1) is 0 Å². The molecule has 1 atom stereocenters. The monoisotopic (exact) mass is 546 g/mol. The zero-order valence-corrected chi connectivity index (χ0v) is 22.8.